The van der Waals surface area contributed by atoms with Crippen molar-refractivity contribution in [1.82, 2.24) is 9.80 Å². The molecule has 5 heteroatoms. The molecule has 0 aliphatic carbocycles. The van der Waals surface area contributed by atoms with Crippen LogP contribution in [-0.2, 0) is 6.54 Å². The number of nitrogens with zero attached hydrogens (tertiary/aromatic N) is 2. The van der Waals surface area contributed by atoms with Crippen molar-refractivity contribution >= 4 is 34.6 Å². The average Bonchev–Trinajstić information content (AvgIpc) is 2.61. The quantitative estimate of drug-likeness (QED) is 0.735. The number of halogens is 1. The molecule has 0 unspecified atom stereocenters. The highest BCUT2D eigenvalue weighted by molar-refractivity contribution is 7.80. The Morgan fingerprint density at radius 3 is 2.62 bits per heavy atom. The van der Waals surface area contributed by atoms with Crippen LogP contribution in [0.4, 0.5) is 5.69 Å². The van der Waals surface area contributed by atoms with Crippen LogP contribution in [0.25, 0.3) is 0 Å². The van der Waals surface area contributed by atoms with E-state index in [0.717, 1.165) is 54.1 Å². The molecule has 0 saturated carbocycles. The van der Waals surface area contributed by atoms with E-state index in [4.69, 9.17) is 23.8 Å². The van der Waals surface area contributed by atoms with Gasteiger partial charge in [-0.2, -0.15) is 0 Å². The van der Waals surface area contributed by atoms with Crippen LogP contribution in [0, 0.1) is 20.8 Å². The fourth-order valence-corrected chi connectivity index (χ4v) is 3.69. The molecule has 138 valence electrons. The Kier molecular flexibility index (Phi) is 6.17. The summed E-state index contributed by atoms with van der Waals surface area (Å²) in [6.45, 7) is 10.2. The molecule has 1 fully saturated rings. The van der Waals surface area contributed by atoms with Crippen LogP contribution in [0.3, 0.4) is 0 Å². The van der Waals surface area contributed by atoms with E-state index in [1.165, 1.54) is 16.7 Å². The lowest BCUT2D eigenvalue weighted by molar-refractivity contribution is 0.133. The molecule has 1 aliphatic heterocycles. The summed E-state index contributed by atoms with van der Waals surface area (Å²) < 4.78 is 0. The first-order chi connectivity index (χ1) is 12.4. The first kappa shape index (κ1) is 19.2. The Labute approximate surface area is 166 Å². The summed E-state index contributed by atoms with van der Waals surface area (Å²) in [6, 6.07) is 12.6. The highest BCUT2D eigenvalue weighted by atomic mass is 35.5. The van der Waals surface area contributed by atoms with Crippen LogP contribution in [0.2, 0.25) is 5.02 Å². The molecule has 1 heterocycles. The van der Waals surface area contributed by atoms with Gasteiger partial charge < -0.3 is 10.2 Å². The summed E-state index contributed by atoms with van der Waals surface area (Å²) >= 11 is 11.9. The predicted molar refractivity (Wildman–Crippen MR) is 115 cm³/mol. The lowest BCUT2D eigenvalue weighted by Gasteiger charge is -2.37. The minimum Gasteiger partial charge on any atom is -0.336 e. The molecule has 1 saturated heterocycles. The molecule has 0 aromatic heterocycles. The van der Waals surface area contributed by atoms with E-state index >= 15 is 0 Å². The number of thiocarbonyl (C=S) groups is 1. The van der Waals surface area contributed by atoms with Crippen molar-refractivity contribution in [2.45, 2.75) is 33.7 Å². The SMILES string of the molecule is Cc1ccc(C)c(CN2CCCN(C(=S)Nc3ccc(C)c(Cl)c3)C2)c1. The largest absolute Gasteiger partial charge is 0.336 e. The van der Waals surface area contributed by atoms with Gasteiger partial charge in [0.2, 0.25) is 0 Å². The molecule has 0 amide bonds. The standard InChI is InChI=1S/C21H26ClN3S/c1-15-5-6-16(2)18(11-15)13-24-9-4-10-25(14-24)21(26)23-19-8-7-17(3)20(22)12-19/h5-8,11-12H,4,9-10,13-14H2,1-3H3,(H,23,26). The fraction of sp³-hybridized carbons (Fsp3) is 0.381. The van der Waals surface area contributed by atoms with Gasteiger partial charge in [-0.3, -0.25) is 4.90 Å². The van der Waals surface area contributed by atoms with Gasteiger partial charge in [-0.05, 0) is 68.2 Å². The average molecular weight is 388 g/mol. The van der Waals surface area contributed by atoms with E-state index in [-0.39, 0.29) is 0 Å². The van der Waals surface area contributed by atoms with Crippen LogP contribution in [-0.4, -0.2) is 34.7 Å². The van der Waals surface area contributed by atoms with Crippen LogP contribution in [0.5, 0.6) is 0 Å². The van der Waals surface area contributed by atoms with E-state index in [0.29, 0.717) is 0 Å². The normalized spacial score (nSPS) is 15.2. The second kappa shape index (κ2) is 8.38. The van der Waals surface area contributed by atoms with Gasteiger partial charge in [0.25, 0.3) is 0 Å². The van der Waals surface area contributed by atoms with Gasteiger partial charge in [0.05, 0.1) is 6.67 Å². The third kappa shape index (κ3) is 4.76. The maximum atomic E-state index is 6.22. The third-order valence-electron chi connectivity index (χ3n) is 4.88. The monoisotopic (exact) mass is 387 g/mol. The number of rotatable bonds is 3. The van der Waals surface area contributed by atoms with Gasteiger partial charge in [0.15, 0.2) is 5.11 Å². The lowest BCUT2D eigenvalue weighted by Crippen LogP contribution is -2.48. The molecule has 3 nitrogen and oxygen atoms in total. The molecule has 0 atom stereocenters. The minimum absolute atomic E-state index is 0.757. The molecule has 1 N–H and O–H groups in total. The van der Waals surface area contributed by atoms with Gasteiger partial charge in [-0.1, -0.05) is 41.4 Å². The second-order valence-corrected chi connectivity index (χ2v) is 7.93. The van der Waals surface area contributed by atoms with Gasteiger partial charge in [0, 0.05) is 30.3 Å². The third-order valence-corrected chi connectivity index (χ3v) is 5.65. The summed E-state index contributed by atoms with van der Waals surface area (Å²) in [5.74, 6) is 0. The van der Waals surface area contributed by atoms with Crippen LogP contribution >= 0.6 is 23.8 Å². The Balaban J connectivity index is 1.63. The Bertz CT molecular complexity index is 806. The number of hydrogen-bond donors (Lipinski definition) is 1. The van der Waals surface area contributed by atoms with Crippen molar-refractivity contribution in [3.05, 3.63) is 63.7 Å². The zero-order valence-corrected chi connectivity index (χ0v) is 17.3. The zero-order chi connectivity index (χ0) is 18.7. The molecule has 2 aromatic rings. The van der Waals surface area contributed by atoms with E-state index in [9.17, 15) is 0 Å². The number of anilines is 1. The summed E-state index contributed by atoms with van der Waals surface area (Å²) in [5.41, 5.74) is 6.07. The zero-order valence-electron chi connectivity index (χ0n) is 15.7. The summed E-state index contributed by atoms with van der Waals surface area (Å²) in [4.78, 5) is 4.69. The maximum Gasteiger partial charge on any atom is 0.174 e. The van der Waals surface area contributed by atoms with E-state index in [2.05, 4.69) is 47.2 Å². The smallest absolute Gasteiger partial charge is 0.174 e. The predicted octanol–water partition coefficient (Wildman–Crippen LogP) is 5.13. The van der Waals surface area contributed by atoms with E-state index in [1.807, 2.05) is 25.1 Å². The first-order valence-electron chi connectivity index (χ1n) is 9.03. The molecule has 0 bridgehead atoms. The van der Waals surface area contributed by atoms with Crippen LogP contribution in [0.1, 0.15) is 28.7 Å². The lowest BCUT2D eigenvalue weighted by atomic mass is 10.0. The Morgan fingerprint density at radius 1 is 1.08 bits per heavy atom. The van der Waals surface area contributed by atoms with Crippen LogP contribution < -0.4 is 5.32 Å². The van der Waals surface area contributed by atoms with Crippen molar-refractivity contribution in [3.63, 3.8) is 0 Å². The van der Waals surface area contributed by atoms with Crippen molar-refractivity contribution < 1.29 is 0 Å². The number of nitrogens with one attached hydrogen (secondary N) is 1. The maximum absolute atomic E-state index is 6.22. The summed E-state index contributed by atoms with van der Waals surface area (Å²) in [6.07, 6.45) is 1.11. The van der Waals surface area contributed by atoms with Crippen molar-refractivity contribution in [3.8, 4) is 0 Å². The number of aryl methyl sites for hydroxylation is 3. The van der Waals surface area contributed by atoms with Crippen molar-refractivity contribution in [2.24, 2.45) is 0 Å². The number of benzene rings is 2. The van der Waals surface area contributed by atoms with Gasteiger partial charge in [-0.15, -0.1) is 0 Å². The van der Waals surface area contributed by atoms with Gasteiger partial charge in [0.1, 0.15) is 0 Å². The number of hydrogen-bond acceptors (Lipinski definition) is 2. The van der Waals surface area contributed by atoms with Gasteiger partial charge in [-0.25, -0.2) is 0 Å². The fourth-order valence-electron chi connectivity index (χ4n) is 3.25. The summed E-state index contributed by atoms with van der Waals surface area (Å²) in [7, 11) is 0. The van der Waals surface area contributed by atoms with E-state index < -0.39 is 0 Å². The molecular formula is C21H26ClN3S. The first-order valence-corrected chi connectivity index (χ1v) is 9.81. The topological polar surface area (TPSA) is 18.5 Å². The molecule has 3 rings (SSSR count). The molecule has 26 heavy (non-hydrogen) atoms. The second-order valence-electron chi connectivity index (χ2n) is 7.14. The summed E-state index contributed by atoms with van der Waals surface area (Å²) in [5, 5.41) is 4.85. The van der Waals surface area contributed by atoms with Crippen molar-refractivity contribution in [2.75, 3.05) is 25.1 Å². The highest BCUT2D eigenvalue weighted by Crippen LogP contribution is 2.21. The molecule has 0 radical (unpaired) electrons. The van der Waals surface area contributed by atoms with E-state index in [1.54, 1.807) is 0 Å². The Hall–Kier alpha value is -1.62. The molecule has 0 spiro atoms. The molecular weight excluding hydrogens is 362 g/mol. The highest BCUT2D eigenvalue weighted by Gasteiger charge is 2.20. The Morgan fingerprint density at radius 2 is 1.85 bits per heavy atom. The van der Waals surface area contributed by atoms with Crippen LogP contribution in [0.15, 0.2) is 36.4 Å². The van der Waals surface area contributed by atoms with Crippen molar-refractivity contribution in [1.29, 1.82) is 0 Å². The molecule has 1 aliphatic rings. The van der Waals surface area contributed by atoms with Gasteiger partial charge >= 0.3 is 0 Å². The minimum atomic E-state index is 0.757. The molecule has 2 aromatic carbocycles.